The quantitative estimate of drug-likeness (QED) is 0.162. The topological polar surface area (TPSA) is 170 Å². The number of nitrogens with zero attached hydrogens (tertiary/aromatic N) is 4. The SMILES string of the molecule is O=C(Nc1nc(-c2ccc([N+](=O)[O-])cc2)cs1)c1cccc(C(=O)Nc2nc(-c3ccc([N+](=O)[O-])cc3)cs2)c1. The highest BCUT2D eigenvalue weighted by atomic mass is 32.1. The van der Waals surface area contributed by atoms with Crippen LogP contribution in [-0.4, -0.2) is 31.6 Å². The van der Waals surface area contributed by atoms with Crippen LogP contribution in [0.3, 0.4) is 0 Å². The number of benzene rings is 3. The second kappa shape index (κ2) is 11.2. The predicted molar refractivity (Wildman–Crippen MR) is 151 cm³/mol. The van der Waals surface area contributed by atoms with Gasteiger partial charge in [-0.2, -0.15) is 0 Å². The zero-order valence-corrected chi connectivity index (χ0v) is 21.8. The van der Waals surface area contributed by atoms with Gasteiger partial charge in [0.15, 0.2) is 10.3 Å². The summed E-state index contributed by atoms with van der Waals surface area (Å²) < 4.78 is 0. The lowest BCUT2D eigenvalue weighted by molar-refractivity contribution is -0.385. The Morgan fingerprint density at radius 2 is 1.05 bits per heavy atom. The van der Waals surface area contributed by atoms with E-state index in [1.165, 1.54) is 53.0 Å². The Kier molecular flexibility index (Phi) is 7.35. The van der Waals surface area contributed by atoms with Gasteiger partial charge in [0, 0.05) is 57.3 Å². The molecule has 5 rings (SSSR count). The summed E-state index contributed by atoms with van der Waals surface area (Å²) in [5, 5.41) is 31.2. The Hall–Kier alpha value is -5.34. The van der Waals surface area contributed by atoms with Gasteiger partial charge in [-0.1, -0.05) is 6.07 Å². The molecule has 0 unspecified atom stereocenters. The molecule has 0 radical (unpaired) electrons. The van der Waals surface area contributed by atoms with Crippen LogP contribution >= 0.6 is 22.7 Å². The number of thiazole rings is 2. The number of anilines is 2. The molecule has 0 bridgehead atoms. The summed E-state index contributed by atoms with van der Waals surface area (Å²) in [4.78, 5) is 55.1. The molecular formula is C26H16N6O6S2. The molecule has 2 amide bonds. The molecule has 0 fully saturated rings. The average Bonchev–Trinajstić information content (AvgIpc) is 3.63. The van der Waals surface area contributed by atoms with Crippen LogP contribution in [0.15, 0.2) is 83.6 Å². The van der Waals surface area contributed by atoms with E-state index in [0.29, 0.717) is 32.8 Å². The molecule has 3 aromatic carbocycles. The van der Waals surface area contributed by atoms with E-state index in [4.69, 9.17) is 0 Å². The number of hydrogen-bond donors (Lipinski definition) is 2. The van der Waals surface area contributed by atoms with Gasteiger partial charge < -0.3 is 0 Å². The van der Waals surface area contributed by atoms with Crippen LogP contribution in [0.25, 0.3) is 22.5 Å². The lowest BCUT2D eigenvalue weighted by Crippen LogP contribution is -2.15. The number of hydrogen-bond acceptors (Lipinski definition) is 10. The molecule has 2 heterocycles. The number of aromatic nitrogens is 2. The molecule has 0 aliphatic carbocycles. The van der Waals surface area contributed by atoms with Crippen molar-refractivity contribution >= 4 is 56.1 Å². The van der Waals surface area contributed by atoms with Crippen LogP contribution in [0.4, 0.5) is 21.6 Å². The highest BCUT2D eigenvalue weighted by Gasteiger charge is 2.15. The van der Waals surface area contributed by atoms with E-state index in [9.17, 15) is 29.8 Å². The molecule has 0 saturated heterocycles. The third kappa shape index (κ3) is 5.87. The van der Waals surface area contributed by atoms with Gasteiger partial charge in [-0.15, -0.1) is 22.7 Å². The highest BCUT2D eigenvalue weighted by molar-refractivity contribution is 7.14. The van der Waals surface area contributed by atoms with Gasteiger partial charge >= 0.3 is 0 Å². The van der Waals surface area contributed by atoms with Crippen molar-refractivity contribution in [3.05, 3.63) is 115 Å². The number of non-ortho nitro benzene ring substituents is 2. The zero-order valence-electron chi connectivity index (χ0n) is 20.1. The average molecular weight is 573 g/mol. The number of nitrogens with one attached hydrogen (secondary N) is 2. The summed E-state index contributed by atoms with van der Waals surface area (Å²) in [6.07, 6.45) is 0. The van der Waals surface area contributed by atoms with Gasteiger partial charge in [0.1, 0.15) is 0 Å². The first-order chi connectivity index (χ1) is 19.3. The van der Waals surface area contributed by atoms with Crippen molar-refractivity contribution in [2.24, 2.45) is 0 Å². The molecule has 198 valence electrons. The Bertz CT molecular complexity index is 1620. The molecule has 0 aliphatic rings. The summed E-state index contributed by atoms with van der Waals surface area (Å²) in [5.41, 5.74) is 2.86. The summed E-state index contributed by atoms with van der Waals surface area (Å²) in [5.74, 6) is -0.928. The normalized spacial score (nSPS) is 10.6. The Morgan fingerprint density at radius 3 is 1.43 bits per heavy atom. The standard InChI is InChI=1S/C26H16N6O6S2/c33-23(29-25-27-21(13-39-25)15-4-8-19(9-5-15)31(35)36)17-2-1-3-18(12-17)24(34)30-26-28-22(14-40-26)16-6-10-20(11-7-16)32(37)38/h1-14H,(H,27,29,33)(H,28,30,34). The van der Waals surface area contributed by atoms with Gasteiger partial charge in [0.25, 0.3) is 23.2 Å². The minimum absolute atomic E-state index is 0.0313. The van der Waals surface area contributed by atoms with E-state index < -0.39 is 21.7 Å². The van der Waals surface area contributed by atoms with Crippen molar-refractivity contribution in [3.63, 3.8) is 0 Å². The van der Waals surface area contributed by atoms with E-state index in [1.807, 2.05) is 0 Å². The maximum Gasteiger partial charge on any atom is 0.269 e. The second-order valence-corrected chi connectivity index (χ2v) is 9.89. The van der Waals surface area contributed by atoms with Gasteiger partial charge in [0.2, 0.25) is 0 Å². The lowest BCUT2D eigenvalue weighted by atomic mass is 10.1. The number of carbonyl (C=O) groups is 2. The van der Waals surface area contributed by atoms with Crippen molar-refractivity contribution in [2.75, 3.05) is 10.6 Å². The second-order valence-electron chi connectivity index (χ2n) is 8.17. The number of amides is 2. The third-order valence-electron chi connectivity index (χ3n) is 5.58. The molecule has 5 aromatic rings. The van der Waals surface area contributed by atoms with Crippen LogP contribution in [-0.2, 0) is 0 Å². The lowest BCUT2D eigenvalue weighted by Gasteiger charge is -2.05. The fraction of sp³-hybridized carbons (Fsp3) is 0. The predicted octanol–water partition coefficient (Wildman–Crippen LogP) is 6.25. The van der Waals surface area contributed by atoms with Gasteiger partial charge in [0.05, 0.1) is 21.2 Å². The molecule has 0 aliphatic heterocycles. The first-order valence-corrected chi connectivity index (χ1v) is 13.2. The molecule has 0 saturated carbocycles. The minimum Gasteiger partial charge on any atom is -0.298 e. The molecule has 0 spiro atoms. The molecule has 40 heavy (non-hydrogen) atoms. The van der Waals surface area contributed by atoms with Crippen LogP contribution < -0.4 is 10.6 Å². The number of carbonyl (C=O) groups excluding carboxylic acids is 2. The smallest absolute Gasteiger partial charge is 0.269 e. The maximum absolute atomic E-state index is 12.8. The van der Waals surface area contributed by atoms with Gasteiger partial charge in [-0.25, -0.2) is 9.97 Å². The highest BCUT2D eigenvalue weighted by Crippen LogP contribution is 2.28. The Morgan fingerprint density at radius 1 is 0.650 bits per heavy atom. The number of nitro groups is 2. The Balaban J connectivity index is 1.23. The van der Waals surface area contributed by atoms with Crippen molar-refractivity contribution in [2.45, 2.75) is 0 Å². The summed E-state index contributed by atoms with van der Waals surface area (Å²) in [7, 11) is 0. The van der Waals surface area contributed by atoms with Gasteiger partial charge in [-0.05, 0) is 42.5 Å². The first kappa shape index (κ1) is 26.3. The summed E-state index contributed by atoms with van der Waals surface area (Å²) >= 11 is 2.39. The summed E-state index contributed by atoms with van der Waals surface area (Å²) in [6.45, 7) is 0. The molecular weight excluding hydrogens is 556 g/mol. The Labute approximate surface area is 233 Å². The van der Waals surface area contributed by atoms with E-state index in [2.05, 4.69) is 20.6 Å². The fourth-order valence-corrected chi connectivity index (χ4v) is 5.00. The molecule has 12 nitrogen and oxygen atoms in total. The van der Waals surface area contributed by atoms with E-state index in [0.717, 1.165) is 0 Å². The van der Waals surface area contributed by atoms with Crippen LogP contribution in [0.2, 0.25) is 0 Å². The van der Waals surface area contributed by atoms with E-state index in [-0.39, 0.29) is 22.5 Å². The van der Waals surface area contributed by atoms with E-state index in [1.54, 1.807) is 53.2 Å². The maximum atomic E-state index is 12.8. The van der Waals surface area contributed by atoms with Crippen LogP contribution in [0.5, 0.6) is 0 Å². The minimum atomic E-state index is -0.485. The summed E-state index contributed by atoms with van der Waals surface area (Å²) in [6, 6.07) is 18.0. The molecule has 0 atom stereocenters. The van der Waals surface area contributed by atoms with Crippen molar-refractivity contribution < 1.29 is 19.4 Å². The molecule has 2 N–H and O–H groups in total. The largest absolute Gasteiger partial charge is 0.298 e. The third-order valence-corrected chi connectivity index (χ3v) is 7.10. The molecule has 14 heteroatoms. The number of rotatable bonds is 8. The number of nitro benzene ring substituents is 2. The van der Waals surface area contributed by atoms with Crippen LogP contribution in [0.1, 0.15) is 20.7 Å². The monoisotopic (exact) mass is 572 g/mol. The molecule has 2 aromatic heterocycles. The first-order valence-electron chi connectivity index (χ1n) is 11.4. The van der Waals surface area contributed by atoms with Crippen molar-refractivity contribution in [1.29, 1.82) is 0 Å². The fourth-order valence-electron chi connectivity index (χ4n) is 3.58. The van der Waals surface area contributed by atoms with Crippen molar-refractivity contribution in [1.82, 2.24) is 9.97 Å². The van der Waals surface area contributed by atoms with Gasteiger partial charge in [-0.3, -0.25) is 40.5 Å². The zero-order chi connectivity index (χ0) is 28.2. The van der Waals surface area contributed by atoms with Crippen molar-refractivity contribution in [3.8, 4) is 22.5 Å². The van der Waals surface area contributed by atoms with Crippen LogP contribution in [0, 0.1) is 20.2 Å². The van der Waals surface area contributed by atoms with E-state index >= 15 is 0 Å².